The van der Waals surface area contributed by atoms with Gasteiger partial charge in [0.1, 0.15) is 0 Å². The highest BCUT2D eigenvalue weighted by Crippen LogP contribution is 2.25. The van der Waals surface area contributed by atoms with Gasteiger partial charge in [0.05, 0.1) is 17.3 Å². The second-order valence-corrected chi connectivity index (χ2v) is 3.82. The van der Waals surface area contributed by atoms with Gasteiger partial charge in [-0.1, -0.05) is 0 Å². The number of carboxylic acid groups (broad SMARTS) is 1. The van der Waals surface area contributed by atoms with E-state index in [1.165, 1.54) is 0 Å². The number of nitrogens with zero attached hydrogens (tertiary/aromatic N) is 2. The molecule has 1 aromatic heterocycles. The van der Waals surface area contributed by atoms with Gasteiger partial charge in [-0.2, -0.15) is 5.10 Å². The number of aromatic nitrogens is 2. The summed E-state index contributed by atoms with van der Waals surface area (Å²) in [6, 6.07) is 3.18. The van der Waals surface area contributed by atoms with Crippen LogP contribution in [-0.2, 0) is 7.05 Å². The van der Waals surface area contributed by atoms with E-state index in [1.807, 2.05) is 7.05 Å². The fourth-order valence-electron chi connectivity index (χ4n) is 1.39. The quantitative estimate of drug-likeness (QED) is 0.848. The Balaban J connectivity index is 2.80. The predicted octanol–water partition coefficient (Wildman–Crippen LogP) is 2.03. The molecule has 0 unspecified atom stereocenters. The molecule has 1 N–H and O–H groups in total. The zero-order valence-electron chi connectivity index (χ0n) is 7.36. The Hall–Kier alpha value is -1.36. The average molecular weight is 255 g/mol. The van der Waals surface area contributed by atoms with Crippen molar-refractivity contribution in [2.45, 2.75) is 0 Å². The number of benzene rings is 1. The molecule has 72 valence electrons. The molecule has 1 heterocycles. The number of hydrogen-bond donors (Lipinski definition) is 1. The molecule has 0 aliphatic rings. The third kappa shape index (κ3) is 1.29. The normalized spacial score (nSPS) is 10.7. The van der Waals surface area contributed by atoms with Crippen molar-refractivity contribution in [1.82, 2.24) is 9.78 Å². The van der Waals surface area contributed by atoms with E-state index in [4.69, 9.17) is 5.11 Å². The van der Waals surface area contributed by atoms with Gasteiger partial charge >= 0.3 is 5.97 Å². The fourth-order valence-corrected chi connectivity index (χ4v) is 2.12. The Morgan fingerprint density at radius 2 is 2.29 bits per heavy atom. The average Bonchev–Trinajstić information content (AvgIpc) is 2.48. The summed E-state index contributed by atoms with van der Waals surface area (Å²) in [5.74, 6) is -0.934. The Morgan fingerprint density at radius 1 is 1.57 bits per heavy atom. The lowest BCUT2D eigenvalue weighted by molar-refractivity contribution is 0.0697. The number of hydrogen-bond acceptors (Lipinski definition) is 2. The van der Waals surface area contributed by atoms with Gasteiger partial charge in [-0.05, 0) is 28.1 Å². The van der Waals surface area contributed by atoms with Crippen LogP contribution < -0.4 is 0 Å². The Kier molecular flexibility index (Phi) is 2.03. The molecule has 0 aliphatic heterocycles. The van der Waals surface area contributed by atoms with E-state index in [0.717, 1.165) is 15.4 Å². The first kappa shape index (κ1) is 9.21. The molecule has 0 saturated carbocycles. The molecule has 2 rings (SSSR count). The van der Waals surface area contributed by atoms with Crippen molar-refractivity contribution in [2.75, 3.05) is 0 Å². The number of rotatable bonds is 1. The molecule has 0 atom stereocenters. The van der Waals surface area contributed by atoms with Gasteiger partial charge in [-0.25, -0.2) is 4.79 Å². The molecule has 0 saturated heterocycles. The van der Waals surface area contributed by atoms with Crippen LogP contribution in [0.2, 0.25) is 0 Å². The van der Waals surface area contributed by atoms with E-state index in [9.17, 15) is 4.79 Å². The lowest BCUT2D eigenvalue weighted by Crippen LogP contribution is -1.97. The molecule has 0 aliphatic carbocycles. The monoisotopic (exact) mass is 254 g/mol. The summed E-state index contributed by atoms with van der Waals surface area (Å²) in [6.45, 7) is 0. The van der Waals surface area contributed by atoms with Crippen LogP contribution in [0.25, 0.3) is 10.9 Å². The summed E-state index contributed by atoms with van der Waals surface area (Å²) in [7, 11) is 1.81. The Labute approximate surface area is 88.3 Å². The van der Waals surface area contributed by atoms with Crippen molar-refractivity contribution in [1.29, 1.82) is 0 Å². The van der Waals surface area contributed by atoms with Crippen molar-refractivity contribution in [2.24, 2.45) is 7.05 Å². The van der Waals surface area contributed by atoms with Gasteiger partial charge < -0.3 is 5.11 Å². The number of aryl methyl sites for hydroxylation is 1. The summed E-state index contributed by atoms with van der Waals surface area (Å²) in [6.07, 6.45) is 1.65. The lowest BCUT2D eigenvalue weighted by atomic mass is 10.1. The molecular formula is C9H7BrN2O2. The van der Waals surface area contributed by atoms with Crippen molar-refractivity contribution < 1.29 is 9.90 Å². The lowest BCUT2D eigenvalue weighted by Gasteiger charge is -2.00. The highest BCUT2D eigenvalue weighted by Gasteiger charge is 2.10. The Morgan fingerprint density at radius 3 is 2.93 bits per heavy atom. The smallest absolute Gasteiger partial charge is 0.335 e. The number of halogens is 1. The van der Waals surface area contributed by atoms with Crippen LogP contribution in [0.3, 0.4) is 0 Å². The number of fused-ring (bicyclic) bond motifs is 1. The number of carboxylic acids is 1. The molecule has 5 heteroatoms. The van der Waals surface area contributed by atoms with E-state index in [-0.39, 0.29) is 5.56 Å². The second-order valence-electron chi connectivity index (χ2n) is 2.97. The van der Waals surface area contributed by atoms with Gasteiger partial charge in [0.15, 0.2) is 0 Å². The molecule has 0 fully saturated rings. The minimum absolute atomic E-state index is 0.261. The van der Waals surface area contributed by atoms with Crippen molar-refractivity contribution in [3.63, 3.8) is 0 Å². The maximum atomic E-state index is 10.8. The molecule has 0 radical (unpaired) electrons. The summed E-state index contributed by atoms with van der Waals surface area (Å²) in [5, 5.41) is 13.7. The van der Waals surface area contributed by atoms with Crippen molar-refractivity contribution in [3.05, 3.63) is 28.4 Å². The maximum Gasteiger partial charge on any atom is 0.335 e. The topological polar surface area (TPSA) is 55.1 Å². The van der Waals surface area contributed by atoms with Gasteiger partial charge in [0, 0.05) is 16.9 Å². The van der Waals surface area contributed by atoms with Crippen LogP contribution in [0.1, 0.15) is 10.4 Å². The van der Waals surface area contributed by atoms with Crippen LogP contribution in [0.5, 0.6) is 0 Å². The maximum absolute atomic E-state index is 10.8. The SMILES string of the molecule is Cn1ncc2cc(C(=O)O)cc(Br)c21. The van der Waals surface area contributed by atoms with E-state index in [1.54, 1.807) is 23.0 Å². The van der Waals surface area contributed by atoms with E-state index in [2.05, 4.69) is 21.0 Å². The standard InChI is InChI=1S/C9H7BrN2O2/c1-12-8-6(4-11-12)2-5(9(13)14)3-7(8)10/h2-4H,1H3,(H,13,14). The zero-order chi connectivity index (χ0) is 10.3. The first-order chi connectivity index (χ1) is 6.59. The molecular weight excluding hydrogens is 248 g/mol. The molecule has 0 amide bonds. The first-order valence-corrected chi connectivity index (χ1v) is 4.73. The first-order valence-electron chi connectivity index (χ1n) is 3.94. The Bertz CT molecular complexity index is 519. The minimum atomic E-state index is -0.934. The zero-order valence-corrected chi connectivity index (χ0v) is 8.95. The predicted molar refractivity (Wildman–Crippen MR) is 55.4 cm³/mol. The molecule has 0 bridgehead atoms. The van der Waals surface area contributed by atoms with E-state index >= 15 is 0 Å². The third-order valence-electron chi connectivity index (χ3n) is 2.03. The fraction of sp³-hybridized carbons (Fsp3) is 0.111. The van der Waals surface area contributed by atoms with Crippen molar-refractivity contribution >= 4 is 32.8 Å². The van der Waals surface area contributed by atoms with Crippen molar-refractivity contribution in [3.8, 4) is 0 Å². The summed E-state index contributed by atoms with van der Waals surface area (Å²) in [4.78, 5) is 10.8. The van der Waals surface area contributed by atoms with Crippen LogP contribution in [0.4, 0.5) is 0 Å². The largest absolute Gasteiger partial charge is 0.478 e. The third-order valence-corrected chi connectivity index (χ3v) is 2.64. The van der Waals surface area contributed by atoms with Gasteiger partial charge in [-0.15, -0.1) is 0 Å². The highest BCUT2D eigenvalue weighted by atomic mass is 79.9. The highest BCUT2D eigenvalue weighted by molar-refractivity contribution is 9.10. The molecule has 0 spiro atoms. The van der Waals surface area contributed by atoms with E-state index in [0.29, 0.717) is 0 Å². The van der Waals surface area contributed by atoms with Crippen LogP contribution in [0.15, 0.2) is 22.8 Å². The summed E-state index contributed by atoms with van der Waals surface area (Å²) < 4.78 is 2.44. The van der Waals surface area contributed by atoms with Crippen LogP contribution in [0, 0.1) is 0 Å². The molecule has 14 heavy (non-hydrogen) atoms. The summed E-state index contributed by atoms with van der Waals surface area (Å²) >= 11 is 3.32. The second kappa shape index (κ2) is 3.09. The van der Waals surface area contributed by atoms with E-state index < -0.39 is 5.97 Å². The number of aromatic carboxylic acids is 1. The minimum Gasteiger partial charge on any atom is -0.478 e. The summed E-state index contributed by atoms with van der Waals surface area (Å²) in [5.41, 5.74) is 1.16. The molecule has 4 nitrogen and oxygen atoms in total. The van der Waals surface area contributed by atoms with Crippen LogP contribution >= 0.6 is 15.9 Å². The van der Waals surface area contributed by atoms with Gasteiger partial charge in [0.25, 0.3) is 0 Å². The molecule has 2 aromatic rings. The van der Waals surface area contributed by atoms with Gasteiger partial charge in [0.2, 0.25) is 0 Å². The van der Waals surface area contributed by atoms with Crippen LogP contribution in [-0.4, -0.2) is 20.9 Å². The van der Waals surface area contributed by atoms with Gasteiger partial charge in [-0.3, -0.25) is 4.68 Å². The number of carbonyl (C=O) groups is 1. The molecule has 1 aromatic carbocycles.